The van der Waals surface area contributed by atoms with Crippen LogP contribution < -0.4 is 10.1 Å². The van der Waals surface area contributed by atoms with Gasteiger partial charge < -0.3 is 10.1 Å². The van der Waals surface area contributed by atoms with Gasteiger partial charge in [0, 0.05) is 6.42 Å². The van der Waals surface area contributed by atoms with Gasteiger partial charge in [0.25, 0.3) is 0 Å². The molecule has 0 aliphatic heterocycles. The average molecular weight is 249 g/mol. The van der Waals surface area contributed by atoms with Crippen molar-refractivity contribution >= 4 is 5.91 Å². The Kier molecular flexibility index (Phi) is 5.69. The third kappa shape index (κ3) is 4.40. The highest BCUT2D eigenvalue weighted by Gasteiger charge is 2.03. The fourth-order valence-corrected chi connectivity index (χ4v) is 1.76. The molecule has 18 heavy (non-hydrogen) atoms. The summed E-state index contributed by atoms with van der Waals surface area (Å²) in [5.41, 5.74) is 3.64. The Bertz CT molecular complexity index is 413. The van der Waals surface area contributed by atoms with Gasteiger partial charge in [0.2, 0.25) is 5.91 Å². The van der Waals surface area contributed by atoms with Crippen LogP contribution in [0.4, 0.5) is 0 Å². The second kappa shape index (κ2) is 7.04. The molecule has 1 aromatic carbocycles. The second-order valence-corrected chi connectivity index (χ2v) is 4.65. The quantitative estimate of drug-likeness (QED) is 0.787. The van der Waals surface area contributed by atoms with Gasteiger partial charge in [-0.1, -0.05) is 13.0 Å². The molecule has 0 aliphatic carbocycles. The lowest BCUT2D eigenvalue weighted by molar-refractivity contribution is -0.121. The maximum Gasteiger partial charge on any atom is 0.220 e. The molecule has 0 fully saturated rings. The lowest BCUT2D eigenvalue weighted by Gasteiger charge is -2.12. The molecule has 3 heteroatoms. The molecule has 0 aliphatic rings. The van der Waals surface area contributed by atoms with Crippen LogP contribution in [0.3, 0.4) is 0 Å². The highest BCUT2D eigenvalue weighted by molar-refractivity contribution is 5.75. The normalized spacial score (nSPS) is 10.2. The SMILES string of the molecule is CCCC(=O)NCCOc1cc(C)c(C)cc1C. The van der Waals surface area contributed by atoms with Crippen LogP contribution in [0.2, 0.25) is 0 Å². The van der Waals surface area contributed by atoms with Gasteiger partial charge in [0.15, 0.2) is 0 Å². The molecule has 0 aromatic heterocycles. The zero-order valence-electron chi connectivity index (χ0n) is 11.8. The standard InChI is InChI=1S/C15H23NO2/c1-5-6-15(17)16-7-8-18-14-10-12(3)11(2)9-13(14)4/h9-10H,5-8H2,1-4H3,(H,16,17). The molecule has 0 spiro atoms. The first-order valence-corrected chi connectivity index (χ1v) is 6.52. The number of hydrogen-bond acceptors (Lipinski definition) is 2. The topological polar surface area (TPSA) is 38.3 Å². The summed E-state index contributed by atoms with van der Waals surface area (Å²) in [6.45, 7) is 9.28. The number of carbonyl (C=O) groups excluding carboxylic acids is 1. The number of ether oxygens (including phenoxy) is 1. The Morgan fingerprint density at radius 1 is 1.17 bits per heavy atom. The van der Waals surface area contributed by atoms with E-state index in [0.29, 0.717) is 19.6 Å². The number of benzene rings is 1. The molecule has 3 nitrogen and oxygen atoms in total. The Morgan fingerprint density at radius 3 is 2.50 bits per heavy atom. The number of amides is 1. The first-order valence-electron chi connectivity index (χ1n) is 6.52. The molecular weight excluding hydrogens is 226 g/mol. The minimum atomic E-state index is 0.0953. The molecule has 0 saturated carbocycles. The van der Waals surface area contributed by atoms with Crippen molar-refractivity contribution in [2.75, 3.05) is 13.2 Å². The molecule has 1 amide bonds. The highest BCUT2D eigenvalue weighted by Crippen LogP contribution is 2.22. The molecule has 1 N–H and O–H groups in total. The average Bonchev–Trinajstić information content (AvgIpc) is 2.31. The van der Waals surface area contributed by atoms with E-state index < -0.39 is 0 Å². The maximum atomic E-state index is 11.3. The van der Waals surface area contributed by atoms with Crippen LogP contribution in [0.25, 0.3) is 0 Å². The fraction of sp³-hybridized carbons (Fsp3) is 0.533. The summed E-state index contributed by atoms with van der Waals surface area (Å²) in [5.74, 6) is 1.00. The summed E-state index contributed by atoms with van der Waals surface area (Å²) in [6, 6.07) is 4.18. The molecule has 1 rings (SSSR count). The summed E-state index contributed by atoms with van der Waals surface area (Å²) < 4.78 is 5.69. The Morgan fingerprint density at radius 2 is 1.83 bits per heavy atom. The summed E-state index contributed by atoms with van der Waals surface area (Å²) in [4.78, 5) is 11.3. The van der Waals surface area contributed by atoms with Gasteiger partial charge in [-0.3, -0.25) is 4.79 Å². The summed E-state index contributed by atoms with van der Waals surface area (Å²) >= 11 is 0. The number of rotatable bonds is 6. The molecule has 0 heterocycles. The Labute approximate surface area is 110 Å². The summed E-state index contributed by atoms with van der Waals surface area (Å²) in [7, 11) is 0. The lowest BCUT2D eigenvalue weighted by atomic mass is 10.1. The van der Waals surface area contributed by atoms with Gasteiger partial charge in [0.1, 0.15) is 12.4 Å². The zero-order chi connectivity index (χ0) is 13.5. The molecular formula is C15H23NO2. The van der Waals surface area contributed by atoms with Crippen molar-refractivity contribution in [1.82, 2.24) is 5.32 Å². The first kappa shape index (κ1) is 14.6. The van der Waals surface area contributed by atoms with E-state index in [4.69, 9.17) is 4.74 Å². The Balaban J connectivity index is 2.40. The predicted molar refractivity (Wildman–Crippen MR) is 74.1 cm³/mol. The molecule has 0 bridgehead atoms. The molecule has 0 radical (unpaired) electrons. The number of carbonyl (C=O) groups is 1. The van der Waals surface area contributed by atoms with E-state index in [1.54, 1.807) is 0 Å². The van der Waals surface area contributed by atoms with Crippen molar-refractivity contribution in [3.05, 3.63) is 28.8 Å². The van der Waals surface area contributed by atoms with Crippen LogP contribution >= 0.6 is 0 Å². The largest absolute Gasteiger partial charge is 0.491 e. The van der Waals surface area contributed by atoms with Crippen LogP contribution in [0.5, 0.6) is 5.75 Å². The van der Waals surface area contributed by atoms with Gasteiger partial charge in [-0.2, -0.15) is 0 Å². The number of aryl methyl sites for hydroxylation is 3. The van der Waals surface area contributed by atoms with Gasteiger partial charge >= 0.3 is 0 Å². The Hall–Kier alpha value is -1.51. The van der Waals surface area contributed by atoms with E-state index in [9.17, 15) is 4.79 Å². The van der Waals surface area contributed by atoms with Crippen LogP contribution in [0, 0.1) is 20.8 Å². The van der Waals surface area contributed by atoms with Crippen molar-refractivity contribution < 1.29 is 9.53 Å². The van der Waals surface area contributed by atoms with E-state index in [0.717, 1.165) is 17.7 Å². The minimum absolute atomic E-state index is 0.0953. The van der Waals surface area contributed by atoms with Crippen LogP contribution in [-0.2, 0) is 4.79 Å². The van der Waals surface area contributed by atoms with Crippen molar-refractivity contribution in [3.8, 4) is 5.75 Å². The van der Waals surface area contributed by atoms with Crippen LogP contribution in [-0.4, -0.2) is 19.1 Å². The highest BCUT2D eigenvalue weighted by atomic mass is 16.5. The minimum Gasteiger partial charge on any atom is -0.491 e. The maximum absolute atomic E-state index is 11.3. The van der Waals surface area contributed by atoms with Crippen LogP contribution in [0.15, 0.2) is 12.1 Å². The molecule has 0 saturated heterocycles. The van der Waals surface area contributed by atoms with Crippen molar-refractivity contribution in [3.63, 3.8) is 0 Å². The van der Waals surface area contributed by atoms with Gasteiger partial charge in [-0.25, -0.2) is 0 Å². The third-order valence-electron chi connectivity index (χ3n) is 2.95. The summed E-state index contributed by atoms with van der Waals surface area (Å²) in [6.07, 6.45) is 1.46. The van der Waals surface area contributed by atoms with Crippen LogP contribution in [0.1, 0.15) is 36.5 Å². The predicted octanol–water partition coefficient (Wildman–Crippen LogP) is 2.91. The van der Waals surface area contributed by atoms with E-state index in [1.165, 1.54) is 11.1 Å². The summed E-state index contributed by atoms with van der Waals surface area (Å²) in [5, 5.41) is 2.84. The smallest absolute Gasteiger partial charge is 0.220 e. The zero-order valence-corrected chi connectivity index (χ0v) is 11.8. The van der Waals surface area contributed by atoms with E-state index >= 15 is 0 Å². The van der Waals surface area contributed by atoms with Gasteiger partial charge in [0.05, 0.1) is 6.54 Å². The fourth-order valence-electron chi connectivity index (χ4n) is 1.76. The molecule has 1 aromatic rings. The number of hydrogen-bond donors (Lipinski definition) is 1. The van der Waals surface area contributed by atoms with Crippen molar-refractivity contribution in [1.29, 1.82) is 0 Å². The number of nitrogens with one attached hydrogen (secondary N) is 1. The lowest BCUT2D eigenvalue weighted by Crippen LogP contribution is -2.27. The molecule has 100 valence electrons. The van der Waals surface area contributed by atoms with Gasteiger partial charge in [-0.05, 0) is 49.9 Å². The third-order valence-corrected chi connectivity index (χ3v) is 2.95. The van der Waals surface area contributed by atoms with Gasteiger partial charge in [-0.15, -0.1) is 0 Å². The first-order chi connectivity index (χ1) is 8.54. The van der Waals surface area contributed by atoms with E-state index in [-0.39, 0.29) is 5.91 Å². The second-order valence-electron chi connectivity index (χ2n) is 4.65. The van der Waals surface area contributed by atoms with E-state index in [2.05, 4.69) is 31.3 Å². The van der Waals surface area contributed by atoms with Crippen molar-refractivity contribution in [2.24, 2.45) is 0 Å². The molecule has 0 unspecified atom stereocenters. The van der Waals surface area contributed by atoms with Crippen molar-refractivity contribution in [2.45, 2.75) is 40.5 Å². The molecule has 0 atom stereocenters. The monoisotopic (exact) mass is 249 g/mol. The van der Waals surface area contributed by atoms with E-state index in [1.807, 2.05) is 13.8 Å².